The number of fused-ring (bicyclic) bond motifs is 1. The molecule has 0 bridgehead atoms. The van der Waals surface area contributed by atoms with Gasteiger partial charge in [-0.3, -0.25) is 34.6 Å². The van der Waals surface area contributed by atoms with Crippen molar-refractivity contribution in [1.82, 2.24) is 20.4 Å². The maximum atomic E-state index is 13.4. The highest BCUT2D eigenvalue weighted by Gasteiger charge is 2.48. The van der Waals surface area contributed by atoms with E-state index in [2.05, 4.69) is 10.6 Å². The van der Waals surface area contributed by atoms with Crippen molar-refractivity contribution in [3.8, 4) is 0 Å². The normalized spacial score (nSPS) is 22.0. The van der Waals surface area contributed by atoms with Gasteiger partial charge in [0.05, 0.1) is 30.5 Å². The van der Waals surface area contributed by atoms with Crippen LogP contribution in [0.2, 0.25) is 0 Å². The molecule has 17 heteroatoms. The van der Waals surface area contributed by atoms with Crippen molar-refractivity contribution in [3.05, 3.63) is 94.2 Å². The Hall–Kier alpha value is -4.48. The van der Waals surface area contributed by atoms with Crippen LogP contribution in [0.25, 0.3) is 0 Å². The molecule has 1 aliphatic carbocycles. The minimum atomic E-state index is -1.06. The summed E-state index contributed by atoms with van der Waals surface area (Å²) in [4.78, 5) is 79.1. The fourth-order valence-electron chi connectivity index (χ4n) is 8.69. The number of ether oxygens (including phenoxy) is 2. The average molecular weight is 944 g/mol. The molecule has 64 heavy (non-hydrogen) atoms. The zero-order valence-electron chi connectivity index (χ0n) is 36.8. The van der Waals surface area contributed by atoms with Gasteiger partial charge in [-0.25, -0.2) is 4.79 Å². The second-order valence-corrected chi connectivity index (χ2v) is 18.4. The third-order valence-corrected chi connectivity index (χ3v) is 14.2. The molecule has 6 rings (SSSR count). The number of nitrogens with one attached hydrogen (secondary N) is 2. The number of esters is 2. The summed E-state index contributed by atoms with van der Waals surface area (Å²) in [5.74, 6) is -2.62. The lowest BCUT2D eigenvalue weighted by atomic mass is 9.84. The molecular weight excluding hydrogens is 880 g/mol. The number of likely N-dealkylation sites (tertiary alicyclic amines) is 1. The summed E-state index contributed by atoms with van der Waals surface area (Å²) in [7, 11) is 0. The predicted octanol–water partition coefficient (Wildman–Crippen LogP) is 6.17. The van der Waals surface area contributed by atoms with E-state index in [0.29, 0.717) is 44.4 Å². The molecule has 3 fully saturated rings. The van der Waals surface area contributed by atoms with Crippen LogP contribution in [0, 0.1) is 5.92 Å². The van der Waals surface area contributed by atoms with Crippen molar-refractivity contribution in [2.24, 2.45) is 5.92 Å². The number of nitrogens with zero attached hydrogens (tertiary/aromatic N) is 2. The van der Waals surface area contributed by atoms with E-state index in [-0.39, 0.29) is 67.2 Å². The van der Waals surface area contributed by atoms with Gasteiger partial charge in [0.1, 0.15) is 24.7 Å². The summed E-state index contributed by atoms with van der Waals surface area (Å²) >= 11 is 3.20. The molecule has 0 spiro atoms. The molecular formula is C47H63ClN4O10S2. The van der Waals surface area contributed by atoms with Crippen LogP contribution < -0.4 is 10.6 Å². The first-order valence-electron chi connectivity index (χ1n) is 22.0. The number of amides is 2. The van der Waals surface area contributed by atoms with Gasteiger partial charge < -0.3 is 29.5 Å². The van der Waals surface area contributed by atoms with Crippen molar-refractivity contribution >= 4 is 71.2 Å². The summed E-state index contributed by atoms with van der Waals surface area (Å²) in [6, 6.07) is 20.2. The van der Waals surface area contributed by atoms with E-state index in [0.717, 1.165) is 41.7 Å². The molecule has 2 aromatic carbocycles. The van der Waals surface area contributed by atoms with E-state index in [1.165, 1.54) is 4.90 Å². The van der Waals surface area contributed by atoms with Crippen molar-refractivity contribution in [2.45, 2.75) is 120 Å². The number of thiophene rings is 1. The monoisotopic (exact) mass is 942 g/mol. The van der Waals surface area contributed by atoms with Gasteiger partial charge >= 0.3 is 23.9 Å². The maximum Gasteiger partial charge on any atom is 0.326 e. The van der Waals surface area contributed by atoms with E-state index in [1.807, 2.05) is 78.2 Å². The molecule has 3 aliphatic rings. The van der Waals surface area contributed by atoms with Gasteiger partial charge in [0, 0.05) is 23.2 Å². The Morgan fingerprint density at radius 1 is 0.828 bits per heavy atom. The summed E-state index contributed by atoms with van der Waals surface area (Å²) in [5.41, 5.74) is 2.20. The minimum Gasteiger partial charge on any atom is -0.480 e. The highest BCUT2D eigenvalue weighted by atomic mass is 35.5. The van der Waals surface area contributed by atoms with E-state index < -0.39 is 48.1 Å². The van der Waals surface area contributed by atoms with Crippen LogP contribution in [0.4, 0.5) is 0 Å². The van der Waals surface area contributed by atoms with E-state index >= 15 is 0 Å². The number of thioether (sulfide) groups is 1. The van der Waals surface area contributed by atoms with Gasteiger partial charge in [-0.2, -0.15) is 0 Å². The zero-order chi connectivity index (χ0) is 45.3. The molecule has 3 aromatic rings. The largest absolute Gasteiger partial charge is 0.480 e. The summed E-state index contributed by atoms with van der Waals surface area (Å²) < 4.78 is 10.5. The molecule has 1 aromatic heterocycles. The number of aliphatic carboxylic acids is 2. The zero-order valence-corrected chi connectivity index (χ0v) is 39.3. The average Bonchev–Trinajstić information content (AvgIpc) is 3.93. The van der Waals surface area contributed by atoms with Gasteiger partial charge in [-0.1, -0.05) is 79.6 Å². The van der Waals surface area contributed by atoms with Crippen molar-refractivity contribution in [3.63, 3.8) is 0 Å². The highest BCUT2D eigenvalue weighted by molar-refractivity contribution is 7.99. The number of carboxylic acids is 2. The Labute approximate surface area is 390 Å². The first kappa shape index (κ1) is 52.1. The third-order valence-electron chi connectivity index (χ3n) is 11.8. The van der Waals surface area contributed by atoms with Gasteiger partial charge in [0.15, 0.2) is 0 Å². The minimum absolute atomic E-state index is 0. The van der Waals surface area contributed by atoms with Crippen molar-refractivity contribution in [2.75, 3.05) is 32.1 Å². The Morgan fingerprint density at radius 3 is 1.98 bits per heavy atom. The first-order chi connectivity index (χ1) is 30.4. The Morgan fingerprint density at radius 2 is 1.42 bits per heavy atom. The number of benzene rings is 2. The number of carbonyl (C=O) groups is 6. The lowest BCUT2D eigenvalue weighted by molar-refractivity contribution is -0.152. The molecule has 14 nitrogen and oxygen atoms in total. The Balaban J connectivity index is 0.000000276. The molecule has 350 valence electrons. The molecule has 2 amide bonds. The van der Waals surface area contributed by atoms with E-state index in [1.54, 1.807) is 48.8 Å². The van der Waals surface area contributed by atoms with Crippen molar-refractivity contribution < 1.29 is 48.5 Å². The van der Waals surface area contributed by atoms with Crippen LogP contribution in [-0.2, 0) is 51.1 Å². The van der Waals surface area contributed by atoms with Crippen molar-refractivity contribution in [1.29, 1.82) is 0 Å². The van der Waals surface area contributed by atoms with Gasteiger partial charge in [-0.15, -0.1) is 35.5 Å². The van der Waals surface area contributed by atoms with Crippen LogP contribution in [0.3, 0.4) is 0 Å². The lowest BCUT2D eigenvalue weighted by Crippen LogP contribution is -2.55. The van der Waals surface area contributed by atoms with Gasteiger partial charge in [0.25, 0.3) is 0 Å². The molecule has 0 unspecified atom stereocenters. The number of carbonyl (C=O) groups excluding carboxylic acids is 4. The summed E-state index contributed by atoms with van der Waals surface area (Å²) in [6.07, 6.45) is 6.75. The lowest BCUT2D eigenvalue weighted by Gasteiger charge is -2.35. The standard InChI is InChI=1S/C24H34N2O5.C23H28N2O5S2.ClH/c1-3-31-24(30)19(14-13-17-9-5-4-6-10-17)25-16(2)22(27)26-20-12-8-7-11-18(20)15-21(26)23(28)29;1-2-30-23(29)17(11-10-16-7-4-3-5-8-16)24-18-15-32-20(19-9-6-12-31-19)13-25(22(18)28)14-21(26)27;/h4-6,9-10,16,18-21,25H,3,7-8,11-15H2,1-2H3,(H,28,29);3-9,12,17-18,20,24H,2,10-11,13-15H2,1H3,(H,26,27);1H/t16-,18+,19-,20-,21-;17-,18-,20-;/m00./s1. The van der Waals surface area contributed by atoms with E-state index in [4.69, 9.17) is 9.47 Å². The fourth-order valence-corrected chi connectivity index (χ4v) is 11.0. The molecule has 2 aliphatic heterocycles. The summed E-state index contributed by atoms with van der Waals surface area (Å²) in [5, 5.41) is 27.4. The maximum absolute atomic E-state index is 13.4. The number of rotatable bonds is 19. The Kier molecular flexibility index (Phi) is 21.6. The first-order valence-corrected chi connectivity index (χ1v) is 24.0. The molecule has 2 saturated heterocycles. The van der Waals surface area contributed by atoms with Gasteiger partial charge in [0.2, 0.25) is 11.8 Å². The number of hydrogen-bond donors (Lipinski definition) is 4. The number of aryl methyl sites for hydroxylation is 2. The van der Waals surface area contributed by atoms with Crippen LogP contribution >= 0.6 is 35.5 Å². The quantitative estimate of drug-likeness (QED) is 0.100. The molecule has 8 atom stereocenters. The Bertz CT molecular complexity index is 1950. The number of carboxylic acid groups (broad SMARTS) is 2. The van der Waals surface area contributed by atoms with E-state index in [9.17, 15) is 39.0 Å². The van der Waals surface area contributed by atoms with Crippen LogP contribution in [0.15, 0.2) is 78.2 Å². The SMILES string of the molecule is CCOC(=O)[C@H](CCc1ccccc1)N[C@@H](C)C(=O)N1[C@H](C(=O)O)C[C@H]2CCCC[C@@H]21.CCOC(=O)[C@H](CCc1ccccc1)N[C@H]1CS[C@H](c2cccs2)CN(CC(=O)O)C1=O.Cl. The topological polar surface area (TPSA) is 192 Å². The fraction of sp³-hybridized carbons (Fsp3) is 0.532. The van der Waals surface area contributed by atoms with Crippen LogP contribution in [0.5, 0.6) is 0 Å². The second-order valence-electron chi connectivity index (χ2n) is 16.2. The second kappa shape index (κ2) is 26.5. The molecule has 4 N–H and O–H groups in total. The van der Waals surface area contributed by atoms with Crippen LogP contribution in [-0.4, -0.2) is 124 Å². The van der Waals surface area contributed by atoms with Gasteiger partial charge in [-0.05, 0) is 94.2 Å². The highest BCUT2D eigenvalue weighted by Crippen LogP contribution is 2.40. The molecule has 1 saturated carbocycles. The number of halogens is 1. The molecule has 0 radical (unpaired) electrons. The molecule has 3 heterocycles. The smallest absolute Gasteiger partial charge is 0.326 e. The number of hydrogen-bond acceptors (Lipinski definition) is 12. The predicted molar refractivity (Wildman–Crippen MR) is 250 cm³/mol. The third kappa shape index (κ3) is 15.0. The summed E-state index contributed by atoms with van der Waals surface area (Å²) in [6.45, 7) is 5.69. The van der Waals surface area contributed by atoms with Crippen LogP contribution in [0.1, 0.15) is 87.0 Å².